The topological polar surface area (TPSA) is 123 Å². The van der Waals surface area contributed by atoms with Gasteiger partial charge in [-0.1, -0.05) is 30.3 Å². The number of alkyl carbamates (subject to hydrolysis) is 1. The summed E-state index contributed by atoms with van der Waals surface area (Å²) in [4.78, 5) is 40.6. The average molecular weight is 424 g/mol. The molecule has 3 N–H and O–H groups in total. The van der Waals surface area contributed by atoms with Crippen molar-refractivity contribution in [2.45, 2.75) is 33.4 Å². The largest absolute Gasteiger partial charge is 0.445 e. The molecule has 0 aliphatic rings. The van der Waals surface area contributed by atoms with Crippen molar-refractivity contribution in [2.24, 2.45) is 0 Å². The Morgan fingerprint density at radius 2 is 1.90 bits per heavy atom. The van der Waals surface area contributed by atoms with Crippen molar-refractivity contribution in [3.63, 3.8) is 0 Å². The van der Waals surface area contributed by atoms with Crippen LogP contribution in [0.25, 0.3) is 10.9 Å². The van der Waals surface area contributed by atoms with E-state index < -0.39 is 17.6 Å². The number of nitrogens with zero attached hydrogens (tertiary/aromatic N) is 1. The molecule has 1 heterocycles. The van der Waals surface area contributed by atoms with Crippen molar-refractivity contribution < 1.29 is 18.7 Å². The number of carbonyl (C=O) groups excluding carboxylic acids is 2. The molecule has 2 aromatic carbocycles. The zero-order valence-electron chi connectivity index (χ0n) is 17.5. The molecule has 0 saturated heterocycles. The molecule has 162 valence electrons. The molecule has 0 radical (unpaired) electrons. The van der Waals surface area contributed by atoms with Crippen LogP contribution in [0.2, 0.25) is 0 Å². The summed E-state index contributed by atoms with van der Waals surface area (Å²) in [5.74, 6) is -0.445. The quantitative estimate of drug-likeness (QED) is 0.532. The molecule has 31 heavy (non-hydrogen) atoms. The summed E-state index contributed by atoms with van der Waals surface area (Å²) in [6.45, 7) is 5.36. The second kappa shape index (κ2) is 9.75. The third-order valence-corrected chi connectivity index (χ3v) is 4.23. The minimum Gasteiger partial charge on any atom is -0.445 e. The van der Waals surface area contributed by atoms with Crippen LogP contribution >= 0.6 is 0 Å². The summed E-state index contributed by atoms with van der Waals surface area (Å²) in [6, 6.07) is 12.6. The molecule has 9 heteroatoms. The Morgan fingerprint density at radius 1 is 1.16 bits per heavy atom. The van der Waals surface area contributed by atoms with E-state index in [1.54, 1.807) is 19.1 Å². The van der Waals surface area contributed by atoms with Crippen LogP contribution in [0.3, 0.4) is 0 Å². The number of hydrogen-bond donors (Lipinski definition) is 3. The van der Waals surface area contributed by atoms with Crippen molar-refractivity contribution in [3.8, 4) is 0 Å². The van der Waals surface area contributed by atoms with Gasteiger partial charge in [-0.15, -0.1) is 0 Å². The van der Waals surface area contributed by atoms with Crippen molar-refractivity contribution in [2.75, 3.05) is 17.2 Å². The van der Waals surface area contributed by atoms with Gasteiger partial charge in [0.2, 0.25) is 5.91 Å². The predicted molar refractivity (Wildman–Crippen MR) is 117 cm³/mol. The molecular formula is C22H24N4O5. The molecule has 9 nitrogen and oxygen atoms in total. The van der Waals surface area contributed by atoms with Gasteiger partial charge >= 0.3 is 11.7 Å². The number of nitrogens with one attached hydrogen (secondary N) is 3. The molecular weight excluding hydrogens is 400 g/mol. The van der Waals surface area contributed by atoms with Crippen LogP contribution in [0.1, 0.15) is 25.0 Å². The predicted octanol–water partition coefficient (Wildman–Crippen LogP) is 3.18. The third-order valence-electron chi connectivity index (χ3n) is 4.23. The Labute approximate surface area is 178 Å². The summed E-state index contributed by atoms with van der Waals surface area (Å²) in [5, 5.41) is 8.37. The molecule has 0 bridgehead atoms. The Hall–Kier alpha value is -3.88. The highest BCUT2D eigenvalue weighted by Crippen LogP contribution is 2.21. The summed E-state index contributed by atoms with van der Waals surface area (Å²) < 4.78 is 10.3. The van der Waals surface area contributed by atoms with Gasteiger partial charge in [0.05, 0.1) is 10.9 Å². The van der Waals surface area contributed by atoms with Gasteiger partial charge in [-0.2, -0.15) is 4.98 Å². The maximum Gasteiger partial charge on any atom is 0.407 e. The van der Waals surface area contributed by atoms with Gasteiger partial charge in [0, 0.05) is 11.7 Å². The minimum absolute atomic E-state index is 0.0322. The smallest absolute Gasteiger partial charge is 0.407 e. The molecule has 3 rings (SSSR count). The standard InChI is InChI=1S/C22H24N4O5/c1-13(2)24-21-26-17-10-16(9-14(3)19(17)20(28)31-21)25-18(27)11-23-22(29)30-12-15-7-5-4-6-8-15/h4-10,13H,11-12H2,1-3H3,(H,23,29)(H,24,26)(H,25,27). The second-order valence-corrected chi connectivity index (χ2v) is 7.26. The van der Waals surface area contributed by atoms with Crippen molar-refractivity contribution in [1.29, 1.82) is 0 Å². The number of fused-ring (bicyclic) bond motifs is 1. The van der Waals surface area contributed by atoms with Gasteiger partial charge < -0.3 is 25.1 Å². The number of aromatic nitrogens is 1. The fourth-order valence-electron chi connectivity index (χ4n) is 2.91. The molecule has 2 amide bonds. The van der Waals surface area contributed by atoms with Crippen LogP contribution in [-0.2, 0) is 16.1 Å². The van der Waals surface area contributed by atoms with E-state index in [0.29, 0.717) is 22.2 Å². The zero-order valence-corrected chi connectivity index (χ0v) is 17.5. The normalized spacial score (nSPS) is 10.7. The molecule has 0 fully saturated rings. The Kier molecular flexibility index (Phi) is 6.86. The summed E-state index contributed by atoms with van der Waals surface area (Å²) in [7, 11) is 0. The van der Waals surface area contributed by atoms with Gasteiger partial charge in [-0.3, -0.25) is 4.79 Å². The van der Waals surface area contributed by atoms with E-state index in [1.165, 1.54) is 0 Å². The van der Waals surface area contributed by atoms with E-state index in [1.807, 2.05) is 44.2 Å². The molecule has 0 saturated carbocycles. The average Bonchev–Trinajstić information content (AvgIpc) is 2.70. The first-order chi connectivity index (χ1) is 14.8. The lowest BCUT2D eigenvalue weighted by Crippen LogP contribution is -2.33. The van der Waals surface area contributed by atoms with E-state index >= 15 is 0 Å². The van der Waals surface area contributed by atoms with Gasteiger partial charge in [-0.25, -0.2) is 9.59 Å². The maximum atomic E-state index is 12.3. The molecule has 0 spiro atoms. The number of amides is 2. The van der Waals surface area contributed by atoms with E-state index in [0.717, 1.165) is 5.56 Å². The highest BCUT2D eigenvalue weighted by atomic mass is 16.5. The van der Waals surface area contributed by atoms with Crippen molar-refractivity contribution >= 4 is 34.6 Å². The van der Waals surface area contributed by atoms with Gasteiger partial charge in [0.15, 0.2) is 0 Å². The summed E-state index contributed by atoms with van der Waals surface area (Å²) in [6.07, 6.45) is -0.697. The number of aryl methyl sites for hydroxylation is 1. The molecule has 0 unspecified atom stereocenters. The fourth-order valence-corrected chi connectivity index (χ4v) is 2.91. The highest BCUT2D eigenvalue weighted by molar-refractivity contribution is 5.96. The molecule has 0 aliphatic heterocycles. The lowest BCUT2D eigenvalue weighted by molar-refractivity contribution is -0.115. The lowest BCUT2D eigenvalue weighted by atomic mass is 10.1. The number of ether oxygens (including phenoxy) is 1. The lowest BCUT2D eigenvalue weighted by Gasteiger charge is -2.11. The van der Waals surface area contributed by atoms with Crippen LogP contribution in [0.5, 0.6) is 0 Å². The van der Waals surface area contributed by atoms with Gasteiger partial charge in [0.25, 0.3) is 6.01 Å². The molecule has 1 aromatic heterocycles. The van der Waals surface area contributed by atoms with E-state index in [9.17, 15) is 14.4 Å². The highest BCUT2D eigenvalue weighted by Gasteiger charge is 2.13. The number of benzene rings is 2. The van der Waals surface area contributed by atoms with Gasteiger partial charge in [0.1, 0.15) is 13.2 Å². The minimum atomic E-state index is -0.697. The first-order valence-corrected chi connectivity index (χ1v) is 9.78. The van der Waals surface area contributed by atoms with E-state index in [-0.39, 0.29) is 25.2 Å². The van der Waals surface area contributed by atoms with Crippen molar-refractivity contribution in [1.82, 2.24) is 10.3 Å². The van der Waals surface area contributed by atoms with Crippen LogP contribution in [0.15, 0.2) is 51.7 Å². The third kappa shape index (κ3) is 6.05. The zero-order chi connectivity index (χ0) is 22.4. The molecule has 3 aromatic rings. The number of anilines is 2. The maximum absolute atomic E-state index is 12.3. The van der Waals surface area contributed by atoms with Crippen LogP contribution in [0.4, 0.5) is 16.5 Å². The van der Waals surface area contributed by atoms with Crippen LogP contribution in [-0.4, -0.2) is 29.6 Å². The number of carbonyl (C=O) groups is 2. The SMILES string of the molecule is Cc1cc(NC(=O)CNC(=O)OCc2ccccc2)cc2nc(NC(C)C)oc(=O)c12. The Bertz CT molecular complexity index is 1140. The fraction of sp³-hybridized carbons (Fsp3) is 0.273. The molecule has 0 atom stereocenters. The van der Waals surface area contributed by atoms with Gasteiger partial charge in [-0.05, 0) is 44.0 Å². The van der Waals surface area contributed by atoms with Crippen LogP contribution in [0, 0.1) is 6.92 Å². The molecule has 0 aliphatic carbocycles. The van der Waals surface area contributed by atoms with Crippen molar-refractivity contribution in [3.05, 3.63) is 64.0 Å². The summed E-state index contributed by atoms with van der Waals surface area (Å²) in [5.41, 5.74) is 1.79. The second-order valence-electron chi connectivity index (χ2n) is 7.26. The summed E-state index contributed by atoms with van der Waals surface area (Å²) >= 11 is 0. The number of rotatable bonds is 7. The monoisotopic (exact) mass is 424 g/mol. The van der Waals surface area contributed by atoms with E-state index in [2.05, 4.69) is 20.9 Å². The Morgan fingerprint density at radius 3 is 2.61 bits per heavy atom. The Balaban J connectivity index is 1.62. The first-order valence-electron chi connectivity index (χ1n) is 9.78. The van der Waals surface area contributed by atoms with Crippen LogP contribution < -0.4 is 21.6 Å². The first kappa shape index (κ1) is 21.8. The van der Waals surface area contributed by atoms with E-state index in [4.69, 9.17) is 9.15 Å². The number of hydrogen-bond acceptors (Lipinski definition) is 7.